The third kappa shape index (κ3) is 8.18. The average Bonchev–Trinajstić information content (AvgIpc) is 3.86. The summed E-state index contributed by atoms with van der Waals surface area (Å²) >= 11 is 0. The van der Waals surface area contributed by atoms with Crippen molar-refractivity contribution < 1.29 is 32.1 Å². The third-order valence-corrected chi connectivity index (χ3v) is 11.0. The lowest BCUT2D eigenvalue weighted by Gasteiger charge is -2.38. The standard InChI is InChI=1S/C37H44F3N11O4/c1-22-26(5-4-6-28(22)51-16-11-31(52)45-35(51)54)24-9-12-49(13-10-24)21-23-7-14-50(15-8-23)25-18-41-32(42-19-25)27-17-29(55-48-27)33(53)43-20-30-44-34(47-46-30)36(2,3)37(38,39)40/h4-6,17-19,23-24H,7-16,20-21H2,1-3H3,(H,43,53)(H,44,46,47)(H,45,52,54). The first-order chi connectivity index (χ1) is 26.3. The van der Waals surface area contributed by atoms with Gasteiger partial charge in [0.2, 0.25) is 11.7 Å². The molecule has 18 heteroatoms. The van der Waals surface area contributed by atoms with E-state index in [0.29, 0.717) is 24.8 Å². The molecular formula is C37H44F3N11O4. The molecule has 7 rings (SSSR count). The summed E-state index contributed by atoms with van der Waals surface area (Å²) < 4.78 is 45.1. The van der Waals surface area contributed by atoms with Crippen molar-refractivity contribution in [3.63, 3.8) is 0 Å². The minimum absolute atomic E-state index is 0.0605. The summed E-state index contributed by atoms with van der Waals surface area (Å²) in [5.41, 5.74) is 2.19. The second kappa shape index (κ2) is 15.4. The van der Waals surface area contributed by atoms with Crippen LogP contribution in [0.5, 0.6) is 0 Å². The number of aromatic nitrogens is 6. The second-order valence-electron chi connectivity index (χ2n) is 15.0. The van der Waals surface area contributed by atoms with E-state index >= 15 is 0 Å². The molecule has 0 aliphatic carbocycles. The number of benzene rings is 1. The van der Waals surface area contributed by atoms with Gasteiger partial charge in [-0.25, -0.2) is 19.7 Å². The molecule has 3 fully saturated rings. The lowest BCUT2D eigenvalue weighted by Crippen LogP contribution is -2.49. The van der Waals surface area contributed by atoms with Gasteiger partial charge in [0.15, 0.2) is 17.3 Å². The number of imide groups is 1. The molecule has 55 heavy (non-hydrogen) atoms. The molecule has 15 nitrogen and oxygen atoms in total. The zero-order valence-electron chi connectivity index (χ0n) is 30.9. The van der Waals surface area contributed by atoms with Crippen LogP contribution in [-0.2, 0) is 16.8 Å². The molecule has 0 spiro atoms. The smallest absolute Gasteiger partial charge is 0.369 e. The number of nitrogens with zero attached hydrogens (tertiary/aromatic N) is 8. The molecular weight excluding hydrogens is 719 g/mol. The Kier molecular flexibility index (Phi) is 10.6. The van der Waals surface area contributed by atoms with Gasteiger partial charge >= 0.3 is 12.2 Å². The van der Waals surface area contributed by atoms with Gasteiger partial charge < -0.3 is 19.6 Å². The van der Waals surface area contributed by atoms with Gasteiger partial charge in [-0.15, -0.1) is 0 Å². The van der Waals surface area contributed by atoms with E-state index < -0.39 is 23.3 Å². The van der Waals surface area contributed by atoms with E-state index in [1.165, 1.54) is 11.6 Å². The van der Waals surface area contributed by atoms with Gasteiger partial charge in [0.25, 0.3) is 5.91 Å². The number of amides is 4. The zero-order chi connectivity index (χ0) is 38.9. The lowest BCUT2D eigenvalue weighted by atomic mass is 9.85. The first-order valence-electron chi connectivity index (χ1n) is 18.5. The van der Waals surface area contributed by atoms with E-state index in [1.807, 2.05) is 12.1 Å². The van der Waals surface area contributed by atoms with Crippen LogP contribution >= 0.6 is 0 Å². The van der Waals surface area contributed by atoms with Crippen LogP contribution in [0.25, 0.3) is 11.5 Å². The van der Waals surface area contributed by atoms with Crippen molar-refractivity contribution in [2.45, 2.75) is 76.9 Å². The summed E-state index contributed by atoms with van der Waals surface area (Å²) in [5, 5.41) is 15.0. The molecule has 3 aromatic heterocycles. The van der Waals surface area contributed by atoms with Gasteiger partial charge in [0, 0.05) is 44.4 Å². The van der Waals surface area contributed by atoms with Crippen molar-refractivity contribution in [3.05, 3.63) is 65.2 Å². The van der Waals surface area contributed by atoms with Gasteiger partial charge in [-0.1, -0.05) is 17.3 Å². The number of piperidine rings is 2. The predicted molar refractivity (Wildman–Crippen MR) is 194 cm³/mol. The van der Waals surface area contributed by atoms with Crippen LogP contribution < -0.4 is 20.4 Å². The summed E-state index contributed by atoms with van der Waals surface area (Å²) in [6, 6.07) is 7.20. The predicted octanol–water partition coefficient (Wildman–Crippen LogP) is 4.87. The molecule has 0 saturated carbocycles. The van der Waals surface area contributed by atoms with Crippen LogP contribution in [0.3, 0.4) is 0 Å². The van der Waals surface area contributed by atoms with Crippen molar-refractivity contribution >= 4 is 29.2 Å². The van der Waals surface area contributed by atoms with E-state index in [1.54, 1.807) is 17.3 Å². The van der Waals surface area contributed by atoms with Crippen molar-refractivity contribution in [1.82, 2.24) is 45.8 Å². The number of likely N-dealkylation sites (tertiary alicyclic amines) is 1. The fraction of sp³-hybridized carbons (Fsp3) is 0.514. The molecule has 1 aromatic carbocycles. The SMILES string of the molecule is Cc1c(C2CCN(CC3CCN(c4cnc(-c5cc(C(=O)NCc6nc(C(C)(C)C(F)(F)F)n[nH]6)on5)nc4)CC3)CC2)cccc1N1CCC(=O)NC1=O. The highest BCUT2D eigenvalue weighted by atomic mass is 19.4. The molecule has 0 radical (unpaired) electrons. The Morgan fingerprint density at radius 2 is 1.75 bits per heavy atom. The number of hydrogen-bond acceptors (Lipinski definition) is 11. The van der Waals surface area contributed by atoms with Crippen LogP contribution in [0.2, 0.25) is 0 Å². The number of aromatic amines is 1. The number of carbonyl (C=O) groups excluding carboxylic acids is 3. The highest BCUT2D eigenvalue weighted by Crippen LogP contribution is 2.39. The fourth-order valence-corrected chi connectivity index (χ4v) is 7.47. The average molecular weight is 764 g/mol. The van der Waals surface area contributed by atoms with Crippen LogP contribution in [-0.4, -0.2) is 98.5 Å². The zero-order valence-corrected chi connectivity index (χ0v) is 30.9. The van der Waals surface area contributed by atoms with Gasteiger partial charge in [-0.3, -0.25) is 24.9 Å². The van der Waals surface area contributed by atoms with E-state index in [0.717, 1.165) is 89.2 Å². The maximum atomic E-state index is 13.3. The van der Waals surface area contributed by atoms with Gasteiger partial charge in [0.05, 0.1) is 24.6 Å². The number of carbonyl (C=O) groups is 3. The molecule has 0 unspecified atom stereocenters. The van der Waals surface area contributed by atoms with E-state index in [4.69, 9.17) is 4.52 Å². The number of H-pyrrole nitrogens is 1. The summed E-state index contributed by atoms with van der Waals surface area (Å²) in [7, 11) is 0. The second-order valence-corrected chi connectivity index (χ2v) is 15.0. The summed E-state index contributed by atoms with van der Waals surface area (Å²) in [4.78, 5) is 56.1. The summed E-state index contributed by atoms with van der Waals surface area (Å²) in [6.07, 6.45) is 3.47. The quantitative estimate of drug-likeness (QED) is 0.201. The minimum Gasteiger partial charge on any atom is -0.369 e. The molecule has 4 amide bonds. The Labute approximate surface area is 315 Å². The molecule has 0 atom stereocenters. The largest absolute Gasteiger partial charge is 0.401 e. The number of halogens is 3. The topological polar surface area (TPSA) is 178 Å². The molecule has 3 N–H and O–H groups in total. The Morgan fingerprint density at radius 1 is 1.02 bits per heavy atom. The normalized spacial score (nSPS) is 18.1. The molecule has 292 valence electrons. The summed E-state index contributed by atoms with van der Waals surface area (Å²) in [5.74, 6) is -0.0358. The minimum atomic E-state index is -4.54. The van der Waals surface area contributed by atoms with Gasteiger partial charge in [-0.2, -0.15) is 18.3 Å². The molecule has 0 bridgehead atoms. The Hall–Kier alpha value is -5.39. The van der Waals surface area contributed by atoms with Crippen LogP contribution in [0.1, 0.15) is 85.2 Å². The monoisotopic (exact) mass is 763 g/mol. The van der Waals surface area contributed by atoms with Crippen molar-refractivity contribution in [1.29, 1.82) is 0 Å². The number of nitrogens with one attached hydrogen (secondary N) is 3. The van der Waals surface area contributed by atoms with Crippen LogP contribution in [0.4, 0.5) is 29.3 Å². The first-order valence-corrected chi connectivity index (χ1v) is 18.5. The van der Waals surface area contributed by atoms with Gasteiger partial charge in [0.1, 0.15) is 11.2 Å². The molecule has 6 heterocycles. The van der Waals surface area contributed by atoms with Crippen molar-refractivity contribution in [2.24, 2.45) is 5.92 Å². The van der Waals surface area contributed by atoms with Gasteiger partial charge in [-0.05, 0) is 88.6 Å². The summed E-state index contributed by atoms with van der Waals surface area (Å²) in [6.45, 7) is 9.14. The first kappa shape index (κ1) is 37.9. The number of urea groups is 1. The number of hydrogen-bond donors (Lipinski definition) is 3. The molecule has 3 saturated heterocycles. The van der Waals surface area contributed by atoms with Crippen LogP contribution in [0, 0.1) is 12.8 Å². The number of rotatable bonds is 10. The fourth-order valence-electron chi connectivity index (χ4n) is 7.47. The van der Waals surface area contributed by atoms with E-state index in [-0.39, 0.29) is 41.6 Å². The Balaban J connectivity index is 0.854. The highest BCUT2D eigenvalue weighted by molar-refractivity contribution is 6.06. The molecule has 3 aliphatic heterocycles. The molecule has 4 aromatic rings. The Morgan fingerprint density at radius 3 is 2.44 bits per heavy atom. The van der Waals surface area contributed by atoms with Crippen LogP contribution in [0.15, 0.2) is 41.2 Å². The van der Waals surface area contributed by atoms with Crippen molar-refractivity contribution in [2.75, 3.05) is 49.1 Å². The third-order valence-electron chi connectivity index (χ3n) is 11.0. The van der Waals surface area contributed by atoms with E-state index in [9.17, 15) is 27.6 Å². The highest BCUT2D eigenvalue weighted by Gasteiger charge is 2.51. The van der Waals surface area contributed by atoms with Crippen molar-refractivity contribution in [3.8, 4) is 11.5 Å². The lowest BCUT2D eigenvalue weighted by molar-refractivity contribution is -0.182. The number of anilines is 2. The maximum Gasteiger partial charge on any atom is 0.401 e. The number of alkyl halides is 3. The Bertz CT molecular complexity index is 2010. The maximum absolute atomic E-state index is 13.3. The molecule has 3 aliphatic rings. The van der Waals surface area contributed by atoms with E-state index in [2.05, 4.69) is 63.7 Å².